The third-order valence-corrected chi connectivity index (χ3v) is 7.14. The van der Waals surface area contributed by atoms with Crippen LogP contribution in [-0.4, -0.2) is 72.8 Å². The fourth-order valence-electron chi connectivity index (χ4n) is 4.71. The molecular weight excluding hydrogens is 586 g/mol. The van der Waals surface area contributed by atoms with E-state index in [0.29, 0.717) is 31.5 Å². The van der Waals surface area contributed by atoms with E-state index in [-0.39, 0.29) is 53.2 Å². The summed E-state index contributed by atoms with van der Waals surface area (Å²) in [6.45, 7) is 5.16. The van der Waals surface area contributed by atoms with Gasteiger partial charge in [-0.2, -0.15) is 13.2 Å². The molecule has 2 aromatic rings. The number of rotatable bonds is 6. The minimum atomic E-state index is -4.63. The van der Waals surface area contributed by atoms with Gasteiger partial charge in [0.05, 0.1) is 37.3 Å². The average Bonchev–Trinajstić information content (AvgIpc) is 2.97. The Kier molecular flexibility index (Phi) is 8.52. The van der Waals surface area contributed by atoms with E-state index in [4.69, 9.17) is 15.2 Å². The maximum absolute atomic E-state index is 15.6. The van der Waals surface area contributed by atoms with Gasteiger partial charge in [-0.25, -0.2) is 14.4 Å². The second-order valence-electron chi connectivity index (χ2n) is 10.7. The van der Waals surface area contributed by atoms with Crippen molar-refractivity contribution in [2.24, 2.45) is 21.1 Å². The second kappa shape index (κ2) is 12.2. The molecule has 4 N–H and O–H groups in total. The van der Waals surface area contributed by atoms with E-state index in [1.54, 1.807) is 11.8 Å². The molecule has 1 atom stereocenters. The van der Waals surface area contributed by atoms with Crippen molar-refractivity contribution in [2.75, 3.05) is 38.2 Å². The van der Waals surface area contributed by atoms with Crippen LogP contribution in [0.1, 0.15) is 35.3 Å². The molecule has 0 spiro atoms. The molecule has 5 rings (SSSR count). The van der Waals surface area contributed by atoms with Gasteiger partial charge in [0, 0.05) is 42.0 Å². The third kappa shape index (κ3) is 6.63. The third-order valence-electron chi connectivity index (χ3n) is 7.14. The number of allylic oxidation sites excluding steroid dienone is 1. The summed E-state index contributed by atoms with van der Waals surface area (Å²) in [5.74, 6) is -2.11. The number of nitrogens with one attached hydrogen (secondary N) is 2. The highest BCUT2D eigenvalue weighted by Crippen LogP contribution is 2.31. The molecule has 44 heavy (non-hydrogen) atoms. The Morgan fingerprint density at radius 2 is 2.02 bits per heavy atom. The number of halogens is 4. The number of ether oxygens (including phenoxy) is 2. The smallest absolute Gasteiger partial charge is 0.382 e. The van der Waals surface area contributed by atoms with Crippen LogP contribution in [0.2, 0.25) is 0 Å². The van der Waals surface area contributed by atoms with Gasteiger partial charge in [-0.05, 0) is 44.2 Å². The number of nitrogens with zero attached hydrogens (tertiary/aromatic N) is 4. The number of hydrogen-bond donors (Lipinski definition) is 3. The molecule has 4 heterocycles. The quantitative estimate of drug-likeness (QED) is 0.334. The topological polar surface area (TPSA) is 144 Å². The predicted molar refractivity (Wildman–Crippen MR) is 153 cm³/mol. The highest BCUT2D eigenvalue weighted by Gasteiger charge is 2.44. The SMILES string of the molecule is CC1=CN=C(N)/C(=C(/N=C[C@H]2CN(C(=O)C3(C)COC3)CCO2)c2ccc(C(=O)Nc3cc(C(F)(F)F)ccn3)cc2F)N1. The summed E-state index contributed by atoms with van der Waals surface area (Å²) in [4.78, 5) is 39.8. The number of anilines is 1. The van der Waals surface area contributed by atoms with E-state index < -0.39 is 35.0 Å². The second-order valence-corrected chi connectivity index (χ2v) is 10.7. The maximum Gasteiger partial charge on any atom is 0.416 e. The summed E-state index contributed by atoms with van der Waals surface area (Å²) in [5.41, 5.74) is 5.17. The summed E-state index contributed by atoms with van der Waals surface area (Å²) in [7, 11) is 0. The van der Waals surface area contributed by atoms with Crippen LogP contribution in [0, 0.1) is 11.2 Å². The predicted octanol–water partition coefficient (Wildman–Crippen LogP) is 3.32. The summed E-state index contributed by atoms with van der Waals surface area (Å²) >= 11 is 0. The van der Waals surface area contributed by atoms with Gasteiger partial charge in [0.25, 0.3) is 5.91 Å². The molecular formula is C29H29F4N7O4. The van der Waals surface area contributed by atoms with E-state index >= 15 is 4.39 Å². The van der Waals surface area contributed by atoms with Gasteiger partial charge in [0.2, 0.25) is 5.91 Å². The number of carbonyl (C=O) groups is 2. The number of morpholine rings is 1. The van der Waals surface area contributed by atoms with Crippen molar-refractivity contribution in [2.45, 2.75) is 26.1 Å². The summed E-state index contributed by atoms with van der Waals surface area (Å²) in [6.07, 6.45) is -1.40. The summed E-state index contributed by atoms with van der Waals surface area (Å²) in [6, 6.07) is 4.94. The van der Waals surface area contributed by atoms with Crippen LogP contribution in [0.3, 0.4) is 0 Å². The van der Waals surface area contributed by atoms with Crippen LogP contribution in [-0.2, 0) is 20.4 Å². The standard InChI is InChI=1S/C29H29F4N7O4/c1-16-11-37-25(34)24(38-16)23(36-12-19-13-40(7-8-44-19)27(42)28(2)14-43-15-28)20-4-3-17(9-21(20)30)26(41)39-22-10-18(5-6-35-22)29(31,32)33/h3-6,9-12,19,38H,7-8,13-15H2,1-2H3,(H2,34,37)(H,35,39,41)/b24-23-,36-12?/t19-/m0/s1. The van der Waals surface area contributed by atoms with Crippen LogP contribution < -0.4 is 16.4 Å². The van der Waals surface area contributed by atoms with Crippen LogP contribution in [0.5, 0.6) is 0 Å². The van der Waals surface area contributed by atoms with E-state index in [1.807, 2.05) is 6.92 Å². The Morgan fingerprint density at radius 1 is 1.25 bits per heavy atom. The fourth-order valence-corrected chi connectivity index (χ4v) is 4.71. The Hall–Kier alpha value is -4.63. The first kappa shape index (κ1) is 30.8. The van der Waals surface area contributed by atoms with Gasteiger partial charge in [0.1, 0.15) is 35.0 Å². The molecule has 0 saturated carbocycles. The number of aromatic nitrogens is 1. The molecule has 2 fully saturated rings. The molecule has 0 radical (unpaired) electrons. The van der Waals surface area contributed by atoms with Gasteiger partial charge in [-0.15, -0.1) is 0 Å². The first-order chi connectivity index (χ1) is 20.8. The molecule has 1 aromatic carbocycles. The van der Waals surface area contributed by atoms with E-state index in [2.05, 4.69) is 25.6 Å². The Morgan fingerprint density at radius 3 is 2.70 bits per heavy atom. The van der Waals surface area contributed by atoms with Crippen LogP contribution in [0.25, 0.3) is 5.70 Å². The number of hydrogen-bond acceptors (Lipinski definition) is 9. The maximum atomic E-state index is 15.6. The summed E-state index contributed by atoms with van der Waals surface area (Å²) in [5, 5.41) is 5.28. The van der Waals surface area contributed by atoms with Crippen molar-refractivity contribution in [3.05, 3.63) is 76.6 Å². The van der Waals surface area contributed by atoms with Gasteiger partial charge in [-0.3, -0.25) is 14.6 Å². The molecule has 232 valence electrons. The van der Waals surface area contributed by atoms with Gasteiger partial charge in [-0.1, -0.05) is 0 Å². The minimum absolute atomic E-state index is 0.0267. The van der Waals surface area contributed by atoms with Crippen LogP contribution in [0.4, 0.5) is 23.4 Å². The number of amidine groups is 1. The number of amides is 2. The Labute approximate surface area is 249 Å². The molecule has 11 nitrogen and oxygen atoms in total. The zero-order valence-corrected chi connectivity index (χ0v) is 23.7. The Balaban J connectivity index is 1.40. The molecule has 0 aliphatic carbocycles. The summed E-state index contributed by atoms with van der Waals surface area (Å²) < 4.78 is 65.8. The van der Waals surface area contributed by atoms with E-state index in [9.17, 15) is 22.8 Å². The molecule has 3 aliphatic heterocycles. The lowest BCUT2D eigenvalue weighted by molar-refractivity contribution is -0.173. The normalized spacial score (nSPS) is 21.1. The first-order valence-electron chi connectivity index (χ1n) is 13.5. The van der Waals surface area contributed by atoms with Crippen molar-refractivity contribution in [1.29, 1.82) is 0 Å². The zero-order chi connectivity index (χ0) is 31.6. The Bertz CT molecular complexity index is 1600. The van der Waals surface area contributed by atoms with Gasteiger partial charge >= 0.3 is 6.18 Å². The van der Waals surface area contributed by atoms with E-state index in [1.165, 1.54) is 24.5 Å². The first-order valence-corrected chi connectivity index (χ1v) is 13.5. The number of aliphatic imine (C=N–C) groups is 2. The molecule has 0 bridgehead atoms. The van der Waals surface area contributed by atoms with E-state index in [0.717, 1.165) is 18.3 Å². The highest BCUT2D eigenvalue weighted by atomic mass is 19.4. The number of alkyl halides is 3. The van der Waals surface area contributed by atoms with Crippen LogP contribution >= 0.6 is 0 Å². The van der Waals surface area contributed by atoms with Gasteiger partial charge in [0.15, 0.2) is 0 Å². The number of pyridine rings is 1. The highest BCUT2D eigenvalue weighted by molar-refractivity contribution is 6.06. The van der Waals surface area contributed by atoms with Crippen molar-refractivity contribution in [3.8, 4) is 0 Å². The zero-order valence-electron chi connectivity index (χ0n) is 23.7. The fraction of sp³-hybridized carbons (Fsp3) is 0.345. The van der Waals surface area contributed by atoms with Crippen LogP contribution in [0.15, 0.2) is 64.1 Å². The molecule has 15 heteroatoms. The van der Waals surface area contributed by atoms with Crippen molar-refractivity contribution in [1.82, 2.24) is 15.2 Å². The van der Waals surface area contributed by atoms with Gasteiger partial charge < -0.3 is 30.7 Å². The molecule has 2 amide bonds. The van der Waals surface area contributed by atoms with Crippen molar-refractivity contribution < 1.29 is 36.6 Å². The largest absolute Gasteiger partial charge is 0.416 e. The van der Waals surface area contributed by atoms with Crippen molar-refractivity contribution in [3.63, 3.8) is 0 Å². The lowest BCUT2D eigenvalue weighted by Gasteiger charge is -2.42. The number of carbonyl (C=O) groups excluding carboxylic acids is 2. The molecule has 1 aromatic heterocycles. The lowest BCUT2D eigenvalue weighted by Crippen LogP contribution is -2.57. The average molecular weight is 616 g/mol. The number of benzene rings is 1. The molecule has 2 saturated heterocycles. The molecule has 3 aliphatic rings. The minimum Gasteiger partial charge on any atom is -0.382 e. The monoisotopic (exact) mass is 615 g/mol. The molecule has 0 unspecified atom stereocenters. The lowest BCUT2D eigenvalue weighted by atomic mass is 9.86. The number of nitrogens with two attached hydrogens (primary N) is 1. The van der Waals surface area contributed by atoms with Crippen molar-refractivity contribution >= 4 is 35.4 Å².